The molecule has 0 radical (unpaired) electrons. The molecule has 7 nitrogen and oxygen atoms in total. The fraction of sp³-hybridized carbons (Fsp3) is 0.143. The lowest BCUT2D eigenvalue weighted by Gasteiger charge is -2.10. The van der Waals surface area contributed by atoms with Crippen LogP contribution in [-0.2, 0) is 31.5 Å². The molecule has 4 aromatic rings. The Morgan fingerprint density at radius 2 is 1.84 bits per heavy atom. The third-order valence-electron chi connectivity index (χ3n) is 5.01. The summed E-state index contributed by atoms with van der Waals surface area (Å²) in [6, 6.07) is 9.32. The minimum atomic E-state index is -3.79. The third kappa shape index (κ3) is 4.06. The number of carbonyl (C=O) groups is 1. The Morgan fingerprint density at radius 1 is 1.10 bits per heavy atom. The van der Waals surface area contributed by atoms with Crippen LogP contribution in [0.25, 0.3) is 21.8 Å². The average Bonchev–Trinajstić information content (AvgIpc) is 3.16. The maximum absolute atomic E-state index is 13.1. The van der Waals surface area contributed by atoms with Gasteiger partial charge in [0.05, 0.1) is 17.3 Å². The van der Waals surface area contributed by atoms with E-state index in [9.17, 15) is 18.0 Å². The molecule has 2 aromatic heterocycles. The number of rotatable bonds is 7. The lowest BCUT2D eigenvalue weighted by molar-refractivity contribution is -0.128. The van der Waals surface area contributed by atoms with E-state index >= 15 is 0 Å². The van der Waals surface area contributed by atoms with Crippen LogP contribution >= 0.6 is 23.2 Å². The summed E-state index contributed by atoms with van der Waals surface area (Å²) in [6.07, 6.45) is 2.02. The van der Waals surface area contributed by atoms with Crippen LogP contribution in [0.15, 0.2) is 52.3 Å². The zero-order chi connectivity index (χ0) is 22.2. The SMILES string of the molecule is O=COCCc1c[nH]c2c(=O)[nH]c3ccc(S(=O)(=O)Cc4c(Cl)cccc4Cl)cc3c12. The highest BCUT2D eigenvalue weighted by atomic mass is 35.5. The number of carbonyl (C=O) groups excluding carboxylic acids is 1. The van der Waals surface area contributed by atoms with E-state index in [2.05, 4.69) is 9.97 Å². The van der Waals surface area contributed by atoms with Gasteiger partial charge >= 0.3 is 0 Å². The van der Waals surface area contributed by atoms with E-state index in [-0.39, 0.29) is 32.9 Å². The van der Waals surface area contributed by atoms with Gasteiger partial charge in [-0.1, -0.05) is 29.3 Å². The van der Waals surface area contributed by atoms with E-state index in [1.54, 1.807) is 30.5 Å². The molecule has 0 atom stereocenters. The van der Waals surface area contributed by atoms with Gasteiger partial charge in [-0.05, 0) is 35.9 Å². The number of aromatic nitrogens is 2. The number of pyridine rings is 1. The lowest BCUT2D eigenvalue weighted by Crippen LogP contribution is -2.09. The first-order valence-electron chi connectivity index (χ1n) is 9.18. The molecule has 0 saturated heterocycles. The molecule has 0 spiro atoms. The van der Waals surface area contributed by atoms with Crippen molar-refractivity contribution >= 4 is 61.3 Å². The standard InChI is InChI=1S/C21H16Cl2N2O5S/c22-16-2-1-3-17(23)15(16)10-31(28,29)13-4-5-18-14(8-13)19-12(6-7-30-11-26)9-24-20(19)21(27)25-18/h1-5,8-9,11,24H,6-7,10H2,(H,25,27). The van der Waals surface area contributed by atoms with Crippen molar-refractivity contribution < 1.29 is 17.9 Å². The fourth-order valence-corrected chi connectivity index (χ4v) is 5.65. The predicted octanol–water partition coefficient (Wildman–Crippen LogP) is 4.01. The van der Waals surface area contributed by atoms with Gasteiger partial charge in [0.1, 0.15) is 5.52 Å². The van der Waals surface area contributed by atoms with Gasteiger partial charge in [0.25, 0.3) is 12.0 Å². The van der Waals surface area contributed by atoms with Gasteiger partial charge in [0.2, 0.25) is 0 Å². The van der Waals surface area contributed by atoms with Crippen molar-refractivity contribution in [3.63, 3.8) is 0 Å². The van der Waals surface area contributed by atoms with Gasteiger partial charge in [0.15, 0.2) is 9.84 Å². The summed E-state index contributed by atoms with van der Waals surface area (Å²) in [5.74, 6) is -0.364. The number of hydrogen-bond donors (Lipinski definition) is 2. The molecule has 0 amide bonds. The summed E-state index contributed by atoms with van der Waals surface area (Å²) >= 11 is 12.3. The topological polar surface area (TPSA) is 109 Å². The lowest BCUT2D eigenvalue weighted by atomic mass is 10.1. The molecule has 0 aliphatic rings. The van der Waals surface area contributed by atoms with Crippen molar-refractivity contribution in [1.29, 1.82) is 0 Å². The van der Waals surface area contributed by atoms with Crippen molar-refractivity contribution in [3.05, 3.63) is 74.1 Å². The molecule has 0 unspecified atom stereocenters. The van der Waals surface area contributed by atoms with Crippen molar-refractivity contribution in [2.24, 2.45) is 0 Å². The Bertz CT molecular complexity index is 1450. The van der Waals surface area contributed by atoms with E-state index < -0.39 is 9.84 Å². The number of halogens is 2. The molecular weight excluding hydrogens is 463 g/mol. The minimum absolute atomic E-state index is 0.0700. The molecule has 2 aromatic carbocycles. The summed E-state index contributed by atoms with van der Waals surface area (Å²) < 4.78 is 31.0. The van der Waals surface area contributed by atoms with E-state index in [0.29, 0.717) is 40.3 Å². The number of H-pyrrole nitrogens is 2. The second-order valence-corrected chi connectivity index (χ2v) is 9.71. The monoisotopic (exact) mass is 478 g/mol. The summed E-state index contributed by atoms with van der Waals surface area (Å²) in [7, 11) is -3.79. The first-order chi connectivity index (χ1) is 14.8. The maximum Gasteiger partial charge on any atom is 0.293 e. The highest BCUT2D eigenvalue weighted by Crippen LogP contribution is 2.31. The molecule has 4 rings (SSSR count). The van der Waals surface area contributed by atoms with Gasteiger partial charge in [-0.25, -0.2) is 8.42 Å². The van der Waals surface area contributed by atoms with Crippen LogP contribution in [0.4, 0.5) is 0 Å². The number of ether oxygens (including phenoxy) is 1. The first kappa shape index (κ1) is 21.4. The molecule has 2 heterocycles. The fourth-order valence-electron chi connectivity index (χ4n) is 3.53. The molecule has 0 fully saturated rings. The summed E-state index contributed by atoms with van der Waals surface area (Å²) in [6.45, 7) is 0.484. The maximum atomic E-state index is 13.1. The third-order valence-corrected chi connectivity index (χ3v) is 7.36. The Hall–Kier alpha value is -2.81. The second-order valence-electron chi connectivity index (χ2n) is 6.90. The van der Waals surface area contributed by atoms with Crippen LogP contribution in [0.5, 0.6) is 0 Å². The van der Waals surface area contributed by atoms with E-state index in [4.69, 9.17) is 27.9 Å². The van der Waals surface area contributed by atoms with E-state index in [0.717, 1.165) is 5.56 Å². The van der Waals surface area contributed by atoms with Gasteiger partial charge in [0, 0.05) is 44.5 Å². The van der Waals surface area contributed by atoms with Gasteiger partial charge in [-0.15, -0.1) is 0 Å². The number of aromatic amines is 2. The Kier molecular flexibility index (Phi) is 5.79. The number of nitrogens with one attached hydrogen (secondary N) is 2. The highest BCUT2D eigenvalue weighted by Gasteiger charge is 2.21. The van der Waals surface area contributed by atoms with E-state index in [1.165, 1.54) is 12.1 Å². The van der Waals surface area contributed by atoms with Crippen LogP contribution in [0.2, 0.25) is 10.0 Å². The molecule has 0 aliphatic heterocycles. The quantitative estimate of drug-likeness (QED) is 0.308. The predicted molar refractivity (Wildman–Crippen MR) is 119 cm³/mol. The largest absolute Gasteiger partial charge is 0.468 e. The number of hydrogen-bond acceptors (Lipinski definition) is 5. The molecule has 0 aliphatic carbocycles. The summed E-state index contributed by atoms with van der Waals surface area (Å²) in [5.41, 5.74) is 1.53. The van der Waals surface area contributed by atoms with Gasteiger partial charge in [-0.3, -0.25) is 9.59 Å². The van der Waals surface area contributed by atoms with Crippen LogP contribution in [0, 0.1) is 0 Å². The van der Waals surface area contributed by atoms with Crippen molar-refractivity contribution in [1.82, 2.24) is 9.97 Å². The van der Waals surface area contributed by atoms with Crippen LogP contribution in [0.3, 0.4) is 0 Å². The first-order valence-corrected chi connectivity index (χ1v) is 11.6. The minimum Gasteiger partial charge on any atom is -0.468 e. The van der Waals surface area contributed by atoms with Crippen LogP contribution < -0.4 is 5.56 Å². The van der Waals surface area contributed by atoms with Crippen molar-refractivity contribution in [2.75, 3.05) is 6.61 Å². The van der Waals surface area contributed by atoms with Crippen LogP contribution in [-0.4, -0.2) is 31.5 Å². The van der Waals surface area contributed by atoms with E-state index in [1.807, 2.05) is 0 Å². The van der Waals surface area contributed by atoms with Gasteiger partial charge < -0.3 is 14.7 Å². The zero-order valence-corrected chi connectivity index (χ0v) is 18.3. The molecule has 10 heteroatoms. The van der Waals surface area contributed by atoms with Gasteiger partial charge in [-0.2, -0.15) is 0 Å². The summed E-state index contributed by atoms with van der Waals surface area (Å²) in [4.78, 5) is 28.6. The Morgan fingerprint density at radius 3 is 2.55 bits per heavy atom. The molecule has 31 heavy (non-hydrogen) atoms. The molecular formula is C21H16Cl2N2O5S. The second kappa shape index (κ2) is 8.37. The highest BCUT2D eigenvalue weighted by molar-refractivity contribution is 7.90. The number of sulfone groups is 1. The smallest absolute Gasteiger partial charge is 0.293 e. The van der Waals surface area contributed by atoms with Crippen molar-refractivity contribution in [3.8, 4) is 0 Å². The molecule has 0 bridgehead atoms. The molecule has 0 saturated carbocycles. The number of benzene rings is 2. The molecule has 160 valence electrons. The normalized spacial score (nSPS) is 11.8. The number of fused-ring (bicyclic) bond motifs is 3. The summed E-state index contributed by atoms with van der Waals surface area (Å²) in [5, 5.41) is 1.68. The Labute approximate surface area is 186 Å². The molecule has 2 N–H and O–H groups in total. The van der Waals surface area contributed by atoms with Crippen LogP contribution in [0.1, 0.15) is 11.1 Å². The van der Waals surface area contributed by atoms with Crippen molar-refractivity contribution in [2.45, 2.75) is 17.1 Å². The zero-order valence-electron chi connectivity index (χ0n) is 15.9. The Balaban J connectivity index is 1.85. The average molecular weight is 479 g/mol.